The molecule has 28 heavy (non-hydrogen) atoms. The topological polar surface area (TPSA) is 83.4 Å². The first kappa shape index (κ1) is 18.7. The molecule has 0 aromatic heterocycles. The van der Waals surface area contributed by atoms with E-state index in [-0.39, 0.29) is 19.2 Å². The van der Waals surface area contributed by atoms with E-state index in [0.29, 0.717) is 35.8 Å². The van der Waals surface area contributed by atoms with Gasteiger partial charge in [0.05, 0.1) is 6.61 Å². The Morgan fingerprint density at radius 3 is 2.86 bits per heavy atom. The Bertz CT molecular complexity index is 872. The number of rotatable bonds is 5. The number of carbonyl (C=O) groups is 2. The number of methoxy groups -OCH3 is 1. The van der Waals surface area contributed by atoms with Crippen LogP contribution < -0.4 is 9.47 Å². The number of aliphatic imine (C=N–C) groups is 1. The number of Topliss-reactive ketones (excluding diaryl/α,β-unsaturated/α-hetero) is 1. The average molecular weight is 385 g/mol. The predicted octanol–water partition coefficient (Wildman–Crippen LogP) is 2.79. The highest BCUT2D eigenvalue weighted by Gasteiger charge is 2.43. The molecule has 0 spiro atoms. The summed E-state index contributed by atoms with van der Waals surface area (Å²) >= 11 is 0. The number of hydrogen-bond donors (Lipinski definition) is 0. The summed E-state index contributed by atoms with van der Waals surface area (Å²) in [5.41, 5.74) is 2.91. The molecule has 2 aliphatic heterocycles. The second-order valence-corrected chi connectivity index (χ2v) is 7.12. The van der Waals surface area contributed by atoms with E-state index in [1.54, 1.807) is 7.11 Å². The van der Waals surface area contributed by atoms with Crippen molar-refractivity contribution in [2.45, 2.75) is 32.1 Å². The third-order valence-corrected chi connectivity index (χ3v) is 5.38. The summed E-state index contributed by atoms with van der Waals surface area (Å²) in [6.07, 6.45) is 2.00. The number of esters is 1. The second kappa shape index (κ2) is 7.75. The van der Waals surface area contributed by atoms with Gasteiger partial charge in [0.15, 0.2) is 17.3 Å². The van der Waals surface area contributed by atoms with Gasteiger partial charge in [-0.15, -0.1) is 0 Å². The lowest BCUT2D eigenvalue weighted by Crippen LogP contribution is -2.37. The molecule has 1 aliphatic carbocycles. The van der Waals surface area contributed by atoms with Gasteiger partial charge in [-0.3, -0.25) is 14.6 Å². The fraction of sp³-hybridized carbons (Fsp3) is 0.476. The van der Waals surface area contributed by atoms with Crippen molar-refractivity contribution in [3.63, 3.8) is 0 Å². The Hall–Kier alpha value is -2.67. The normalized spacial score (nSPS) is 23.4. The zero-order valence-corrected chi connectivity index (χ0v) is 16.0. The lowest BCUT2D eigenvalue weighted by molar-refractivity contribution is -0.147. The standard InChI is InChI=1S/C21H23NO6/c1-12-18(21(24)26-9-8-25-2)19(20-14(22-12)4-3-5-15(20)23)13-6-7-16-17(10-13)28-11-27-16/h6-7,10,18-19H,3-5,8-9,11H2,1-2H3/t18?,19-/m1/s1. The first-order chi connectivity index (χ1) is 13.6. The molecule has 7 nitrogen and oxygen atoms in total. The maximum atomic E-state index is 12.9. The molecule has 3 aliphatic rings. The minimum atomic E-state index is -0.655. The summed E-state index contributed by atoms with van der Waals surface area (Å²) in [4.78, 5) is 30.4. The van der Waals surface area contributed by atoms with Gasteiger partial charge in [0.1, 0.15) is 12.5 Å². The van der Waals surface area contributed by atoms with E-state index in [1.165, 1.54) is 0 Å². The molecule has 0 bridgehead atoms. The van der Waals surface area contributed by atoms with Crippen LogP contribution in [0.15, 0.2) is 34.5 Å². The molecule has 2 heterocycles. The van der Waals surface area contributed by atoms with Gasteiger partial charge in [0.2, 0.25) is 6.79 Å². The van der Waals surface area contributed by atoms with Crippen molar-refractivity contribution in [1.82, 2.24) is 0 Å². The molecule has 1 aromatic carbocycles. The molecule has 7 heteroatoms. The summed E-state index contributed by atoms with van der Waals surface area (Å²) in [5.74, 6) is -0.161. The summed E-state index contributed by atoms with van der Waals surface area (Å²) < 4.78 is 21.3. The van der Waals surface area contributed by atoms with Gasteiger partial charge in [-0.05, 0) is 37.5 Å². The van der Waals surface area contributed by atoms with Crippen molar-refractivity contribution in [2.24, 2.45) is 10.9 Å². The van der Waals surface area contributed by atoms with Crippen molar-refractivity contribution >= 4 is 17.5 Å². The molecule has 0 N–H and O–H groups in total. The predicted molar refractivity (Wildman–Crippen MR) is 101 cm³/mol. The van der Waals surface area contributed by atoms with Crippen LogP contribution >= 0.6 is 0 Å². The van der Waals surface area contributed by atoms with Gasteiger partial charge in [0.25, 0.3) is 0 Å². The summed E-state index contributed by atoms with van der Waals surface area (Å²) in [7, 11) is 1.55. The van der Waals surface area contributed by atoms with E-state index in [1.807, 2.05) is 25.1 Å². The summed E-state index contributed by atoms with van der Waals surface area (Å²) in [6.45, 7) is 2.47. The largest absolute Gasteiger partial charge is 0.463 e. The third kappa shape index (κ3) is 3.30. The van der Waals surface area contributed by atoms with Crippen LogP contribution in [0.3, 0.4) is 0 Å². The third-order valence-electron chi connectivity index (χ3n) is 5.38. The van der Waals surface area contributed by atoms with Crippen molar-refractivity contribution in [3.05, 3.63) is 35.0 Å². The molecule has 148 valence electrons. The highest BCUT2D eigenvalue weighted by molar-refractivity contribution is 6.08. The Morgan fingerprint density at radius 2 is 2.04 bits per heavy atom. The lowest BCUT2D eigenvalue weighted by atomic mass is 9.71. The SMILES string of the molecule is COCCOC(=O)C1C(C)=NC2=C(C(=O)CCC2)[C@@H]1c1ccc2c(c1)OCO2. The monoisotopic (exact) mass is 385 g/mol. The molecule has 4 rings (SSSR count). The van der Waals surface area contributed by atoms with Gasteiger partial charge in [-0.25, -0.2) is 0 Å². The average Bonchev–Trinajstić information content (AvgIpc) is 3.15. The molecule has 1 unspecified atom stereocenters. The van der Waals surface area contributed by atoms with Crippen molar-refractivity contribution in [2.75, 3.05) is 27.1 Å². The number of ketones is 1. The molecule has 0 amide bonds. The highest BCUT2D eigenvalue weighted by atomic mass is 16.7. The van der Waals surface area contributed by atoms with Crippen LogP contribution in [0.25, 0.3) is 0 Å². The highest BCUT2D eigenvalue weighted by Crippen LogP contribution is 2.45. The number of hydrogen-bond acceptors (Lipinski definition) is 7. The van der Waals surface area contributed by atoms with Crippen LogP contribution in [0.5, 0.6) is 11.5 Å². The van der Waals surface area contributed by atoms with Crippen LogP contribution in [0.2, 0.25) is 0 Å². The van der Waals surface area contributed by atoms with Gasteiger partial charge in [-0.2, -0.15) is 0 Å². The molecular formula is C21H23NO6. The van der Waals surface area contributed by atoms with E-state index in [0.717, 1.165) is 24.1 Å². The van der Waals surface area contributed by atoms with E-state index in [4.69, 9.17) is 18.9 Å². The zero-order valence-electron chi connectivity index (χ0n) is 16.0. The quantitative estimate of drug-likeness (QED) is 0.573. The van der Waals surface area contributed by atoms with Gasteiger partial charge >= 0.3 is 5.97 Å². The van der Waals surface area contributed by atoms with Gasteiger partial charge in [-0.1, -0.05) is 6.07 Å². The van der Waals surface area contributed by atoms with E-state index >= 15 is 0 Å². The smallest absolute Gasteiger partial charge is 0.315 e. The van der Waals surface area contributed by atoms with Gasteiger partial charge < -0.3 is 18.9 Å². The number of carbonyl (C=O) groups excluding carboxylic acids is 2. The minimum Gasteiger partial charge on any atom is -0.463 e. The molecule has 0 saturated carbocycles. The minimum absolute atomic E-state index is 0.0508. The number of benzene rings is 1. The van der Waals surface area contributed by atoms with Gasteiger partial charge in [0, 0.05) is 36.4 Å². The number of ether oxygens (including phenoxy) is 4. The van der Waals surface area contributed by atoms with Crippen LogP contribution in [0, 0.1) is 5.92 Å². The molecule has 0 radical (unpaired) electrons. The van der Waals surface area contributed by atoms with Crippen LogP contribution in [-0.2, 0) is 19.1 Å². The van der Waals surface area contributed by atoms with Crippen molar-refractivity contribution < 1.29 is 28.5 Å². The number of allylic oxidation sites excluding steroid dienone is 2. The molecule has 2 atom stereocenters. The number of nitrogens with zero attached hydrogens (tertiary/aromatic N) is 1. The molecule has 1 aromatic rings. The first-order valence-electron chi connectivity index (χ1n) is 9.46. The maximum Gasteiger partial charge on any atom is 0.315 e. The Balaban J connectivity index is 1.76. The second-order valence-electron chi connectivity index (χ2n) is 7.12. The summed E-state index contributed by atoms with van der Waals surface area (Å²) in [6, 6.07) is 5.56. The molecular weight excluding hydrogens is 362 g/mol. The van der Waals surface area contributed by atoms with Crippen molar-refractivity contribution in [1.29, 1.82) is 0 Å². The fourth-order valence-electron chi connectivity index (χ4n) is 4.09. The number of fused-ring (bicyclic) bond motifs is 1. The zero-order chi connectivity index (χ0) is 19.7. The molecule has 0 fully saturated rings. The fourth-order valence-corrected chi connectivity index (χ4v) is 4.09. The van der Waals surface area contributed by atoms with Crippen molar-refractivity contribution in [3.8, 4) is 11.5 Å². The van der Waals surface area contributed by atoms with E-state index in [9.17, 15) is 9.59 Å². The summed E-state index contributed by atoms with van der Waals surface area (Å²) in [5, 5.41) is 0. The Kier molecular flexibility index (Phi) is 5.17. The Labute approximate surface area is 163 Å². The Morgan fingerprint density at radius 1 is 1.21 bits per heavy atom. The van der Waals surface area contributed by atoms with E-state index in [2.05, 4.69) is 4.99 Å². The van der Waals surface area contributed by atoms with Crippen LogP contribution in [0.1, 0.15) is 37.7 Å². The lowest BCUT2D eigenvalue weighted by Gasteiger charge is -2.34. The molecule has 0 saturated heterocycles. The first-order valence-corrected chi connectivity index (χ1v) is 9.46. The maximum absolute atomic E-state index is 12.9. The van der Waals surface area contributed by atoms with Crippen LogP contribution in [0.4, 0.5) is 0 Å². The van der Waals surface area contributed by atoms with E-state index < -0.39 is 17.8 Å². The van der Waals surface area contributed by atoms with Crippen LogP contribution in [-0.4, -0.2) is 44.6 Å².